The Kier molecular flexibility index (Phi) is 5.46. The van der Waals surface area contributed by atoms with Crippen molar-refractivity contribution in [3.05, 3.63) is 71.4 Å². The number of benzene rings is 2. The summed E-state index contributed by atoms with van der Waals surface area (Å²) in [5, 5.41) is 1.19. The molecule has 0 saturated carbocycles. The van der Waals surface area contributed by atoms with Gasteiger partial charge in [0.25, 0.3) is 0 Å². The van der Waals surface area contributed by atoms with Gasteiger partial charge in [-0.25, -0.2) is 0 Å². The number of amides is 1. The smallest absolute Gasteiger partial charge is 0.223 e. The number of nitrogens with one attached hydrogen (secondary N) is 1. The molecule has 29 heavy (non-hydrogen) atoms. The molecule has 0 radical (unpaired) electrons. The van der Waals surface area contributed by atoms with Gasteiger partial charge in [0.05, 0.1) is 13.2 Å². The summed E-state index contributed by atoms with van der Waals surface area (Å²) >= 11 is 0. The summed E-state index contributed by atoms with van der Waals surface area (Å²) in [6.45, 7) is 9.29. The summed E-state index contributed by atoms with van der Waals surface area (Å²) in [7, 11) is 0. The lowest BCUT2D eigenvalue weighted by molar-refractivity contribution is -0.135. The highest BCUT2D eigenvalue weighted by Gasteiger charge is 2.26. The monoisotopic (exact) mass is 390 g/mol. The van der Waals surface area contributed by atoms with Crippen molar-refractivity contribution >= 4 is 16.8 Å². The number of para-hydroxylation sites is 1. The van der Waals surface area contributed by atoms with Crippen LogP contribution in [0.4, 0.5) is 0 Å². The number of rotatable bonds is 4. The van der Waals surface area contributed by atoms with E-state index in [0.717, 1.165) is 5.52 Å². The Morgan fingerprint density at radius 3 is 2.45 bits per heavy atom. The van der Waals surface area contributed by atoms with Crippen molar-refractivity contribution in [2.45, 2.75) is 38.5 Å². The molecule has 1 aliphatic heterocycles. The Bertz CT molecular complexity index is 976. The lowest BCUT2D eigenvalue weighted by Gasteiger charge is -2.29. The van der Waals surface area contributed by atoms with Gasteiger partial charge in [0.2, 0.25) is 5.91 Å². The van der Waals surface area contributed by atoms with Crippen molar-refractivity contribution in [1.29, 1.82) is 0 Å². The van der Waals surface area contributed by atoms with E-state index < -0.39 is 0 Å². The number of carbonyl (C=O) groups excluding carboxylic acids is 1. The number of H-pyrrole nitrogens is 1. The molecule has 1 atom stereocenters. The number of ether oxygens (including phenoxy) is 1. The van der Waals surface area contributed by atoms with Gasteiger partial charge < -0.3 is 14.6 Å². The van der Waals surface area contributed by atoms with E-state index in [9.17, 15) is 4.79 Å². The second kappa shape index (κ2) is 8.03. The first-order valence-corrected chi connectivity index (χ1v) is 10.5. The summed E-state index contributed by atoms with van der Waals surface area (Å²) in [5.74, 6) is 0.221. The van der Waals surface area contributed by atoms with Crippen LogP contribution in [0.25, 0.3) is 10.9 Å². The van der Waals surface area contributed by atoms with Crippen molar-refractivity contribution in [2.75, 3.05) is 26.3 Å². The molecular formula is C25H30N2O2. The molecule has 1 fully saturated rings. The van der Waals surface area contributed by atoms with Gasteiger partial charge in [-0.3, -0.25) is 4.79 Å². The van der Waals surface area contributed by atoms with Crippen molar-refractivity contribution < 1.29 is 9.53 Å². The highest BCUT2D eigenvalue weighted by Crippen LogP contribution is 2.35. The average Bonchev–Trinajstić information content (AvgIpc) is 3.16. The van der Waals surface area contributed by atoms with Gasteiger partial charge in [0, 0.05) is 42.5 Å². The Labute approximate surface area is 172 Å². The van der Waals surface area contributed by atoms with Crippen LogP contribution in [0.2, 0.25) is 0 Å². The molecule has 1 amide bonds. The Morgan fingerprint density at radius 1 is 1.07 bits per heavy atom. The van der Waals surface area contributed by atoms with Crippen LogP contribution in [-0.2, 0) is 14.9 Å². The van der Waals surface area contributed by atoms with Crippen molar-refractivity contribution in [1.82, 2.24) is 9.88 Å². The summed E-state index contributed by atoms with van der Waals surface area (Å²) in [6, 6.07) is 17.1. The zero-order valence-corrected chi connectivity index (χ0v) is 17.6. The number of carbonyl (C=O) groups is 1. The second-order valence-corrected chi connectivity index (χ2v) is 8.91. The SMILES string of the molecule is CC(C)(C)c1ccc([C@@H](CC(=O)N2CCOCC2)c2c[nH]c3ccccc23)cc1. The van der Waals surface area contributed by atoms with Crippen molar-refractivity contribution in [3.63, 3.8) is 0 Å². The zero-order chi connectivity index (χ0) is 20.4. The van der Waals surface area contributed by atoms with Crippen LogP contribution in [-0.4, -0.2) is 42.1 Å². The number of morpholine rings is 1. The van der Waals surface area contributed by atoms with Crippen LogP contribution in [0.5, 0.6) is 0 Å². The number of hydrogen-bond donors (Lipinski definition) is 1. The van der Waals surface area contributed by atoms with E-state index >= 15 is 0 Å². The Morgan fingerprint density at radius 2 is 1.76 bits per heavy atom. The van der Waals surface area contributed by atoms with Crippen LogP contribution in [0, 0.1) is 0 Å². The maximum atomic E-state index is 13.1. The van der Waals surface area contributed by atoms with E-state index in [1.54, 1.807) is 0 Å². The maximum Gasteiger partial charge on any atom is 0.223 e. The third kappa shape index (κ3) is 4.23. The van der Waals surface area contributed by atoms with Gasteiger partial charge in [-0.2, -0.15) is 0 Å². The van der Waals surface area contributed by atoms with Gasteiger partial charge in [0.1, 0.15) is 0 Å². The lowest BCUT2D eigenvalue weighted by Crippen LogP contribution is -2.41. The van der Waals surface area contributed by atoms with E-state index in [-0.39, 0.29) is 17.2 Å². The predicted molar refractivity (Wildman–Crippen MR) is 117 cm³/mol. The van der Waals surface area contributed by atoms with Gasteiger partial charge >= 0.3 is 0 Å². The second-order valence-electron chi connectivity index (χ2n) is 8.91. The first-order chi connectivity index (χ1) is 13.9. The number of hydrogen-bond acceptors (Lipinski definition) is 2. The van der Waals surface area contributed by atoms with E-state index in [4.69, 9.17) is 4.74 Å². The summed E-state index contributed by atoms with van der Waals surface area (Å²) < 4.78 is 5.42. The molecule has 1 N–H and O–H groups in total. The van der Waals surface area contributed by atoms with Crippen LogP contribution in [0.1, 0.15) is 49.8 Å². The molecule has 0 aliphatic carbocycles. The fraction of sp³-hybridized carbons (Fsp3) is 0.400. The van der Waals surface area contributed by atoms with Gasteiger partial charge in [0.15, 0.2) is 0 Å². The van der Waals surface area contributed by atoms with E-state index in [0.29, 0.717) is 32.7 Å². The molecule has 152 valence electrons. The molecule has 2 aromatic carbocycles. The van der Waals surface area contributed by atoms with E-state index in [1.165, 1.54) is 22.1 Å². The number of aromatic nitrogens is 1. The van der Waals surface area contributed by atoms with E-state index in [1.807, 2.05) is 11.0 Å². The van der Waals surface area contributed by atoms with Crippen LogP contribution in [0.15, 0.2) is 54.7 Å². The van der Waals surface area contributed by atoms with Crippen LogP contribution in [0.3, 0.4) is 0 Å². The average molecular weight is 391 g/mol. The molecule has 1 saturated heterocycles. The molecule has 4 rings (SSSR count). The fourth-order valence-corrected chi connectivity index (χ4v) is 4.12. The van der Waals surface area contributed by atoms with Gasteiger partial charge in [-0.15, -0.1) is 0 Å². The largest absolute Gasteiger partial charge is 0.378 e. The molecule has 0 spiro atoms. The minimum atomic E-state index is 0.0236. The molecule has 0 bridgehead atoms. The zero-order valence-electron chi connectivity index (χ0n) is 17.6. The third-order valence-electron chi connectivity index (χ3n) is 5.92. The maximum absolute atomic E-state index is 13.1. The molecule has 0 unspecified atom stereocenters. The minimum Gasteiger partial charge on any atom is -0.378 e. The molecule has 1 aromatic heterocycles. The molecule has 4 heteroatoms. The lowest BCUT2D eigenvalue weighted by atomic mass is 9.83. The van der Waals surface area contributed by atoms with Gasteiger partial charge in [-0.1, -0.05) is 63.2 Å². The summed E-state index contributed by atoms with van der Waals surface area (Å²) in [5.41, 5.74) is 4.89. The molecule has 3 aromatic rings. The fourth-order valence-electron chi connectivity index (χ4n) is 4.12. The Balaban J connectivity index is 1.70. The summed E-state index contributed by atoms with van der Waals surface area (Å²) in [4.78, 5) is 18.4. The van der Waals surface area contributed by atoms with Crippen molar-refractivity contribution in [2.24, 2.45) is 0 Å². The first-order valence-electron chi connectivity index (χ1n) is 10.5. The summed E-state index contributed by atoms with van der Waals surface area (Å²) in [6.07, 6.45) is 2.54. The third-order valence-corrected chi connectivity index (χ3v) is 5.92. The number of fused-ring (bicyclic) bond motifs is 1. The normalized spacial score (nSPS) is 16.2. The van der Waals surface area contributed by atoms with Crippen LogP contribution < -0.4 is 0 Å². The standard InChI is InChI=1S/C25H30N2O2/c1-25(2,3)19-10-8-18(9-11-19)21(16-24(28)27-12-14-29-15-13-27)22-17-26-23-7-5-4-6-20(22)23/h4-11,17,21,26H,12-16H2,1-3H3/t21-/m1/s1. The van der Waals surface area contributed by atoms with Crippen LogP contribution >= 0.6 is 0 Å². The topological polar surface area (TPSA) is 45.3 Å². The van der Waals surface area contributed by atoms with Gasteiger partial charge in [-0.05, 0) is 28.2 Å². The van der Waals surface area contributed by atoms with Crippen molar-refractivity contribution in [3.8, 4) is 0 Å². The quantitative estimate of drug-likeness (QED) is 0.692. The highest BCUT2D eigenvalue weighted by atomic mass is 16.5. The number of nitrogens with zero attached hydrogens (tertiary/aromatic N) is 1. The molecular weight excluding hydrogens is 360 g/mol. The number of aromatic amines is 1. The highest BCUT2D eigenvalue weighted by molar-refractivity contribution is 5.86. The minimum absolute atomic E-state index is 0.0236. The molecule has 2 heterocycles. The Hall–Kier alpha value is -2.59. The first kappa shape index (κ1) is 19.7. The predicted octanol–water partition coefficient (Wildman–Crippen LogP) is 4.85. The molecule has 1 aliphatic rings. The van der Waals surface area contributed by atoms with E-state index in [2.05, 4.69) is 74.4 Å². The molecule has 4 nitrogen and oxygen atoms in total.